The summed E-state index contributed by atoms with van der Waals surface area (Å²) in [5.41, 5.74) is 0.322. The number of carbonyl (C=O) groups is 1. The van der Waals surface area contributed by atoms with Crippen LogP contribution in [0.3, 0.4) is 0 Å². The van der Waals surface area contributed by atoms with Crippen molar-refractivity contribution in [2.24, 2.45) is 7.05 Å². The van der Waals surface area contributed by atoms with Gasteiger partial charge in [-0.3, -0.25) is 4.79 Å². The van der Waals surface area contributed by atoms with Gasteiger partial charge in [-0.2, -0.15) is 0 Å². The maximum Gasteiger partial charge on any atom is 0.323 e. The molecule has 0 N–H and O–H groups in total. The maximum atomic E-state index is 12.1. The third-order valence-electron chi connectivity index (χ3n) is 2.92. The second-order valence-electron chi connectivity index (χ2n) is 4.03. The first-order valence-electron chi connectivity index (χ1n) is 5.24. The molecule has 1 fully saturated rings. The second kappa shape index (κ2) is 4.37. The quantitative estimate of drug-likeness (QED) is 0.457. The second-order valence-corrected chi connectivity index (χ2v) is 4.65. The van der Waals surface area contributed by atoms with Crippen LogP contribution in [0.1, 0.15) is 16.9 Å². The van der Waals surface area contributed by atoms with Gasteiger partial charge in [-0.15, -0.1) is 11.6 Å². The lowest BCUT2D eigenvalue weighted by Crippen LogP contribution is -2.30. The SMILES string of the molecule is Cn1c(C(=O)N2CCC(Cl)C2)ccc1[N+](=O)[O-]. The van der Waals surface area contributed by atoms with E-state index < -0.39 is 4.92 Å². The van der Waals surface area contributed by atoms with E-state index >= 15 is 0 Å². The van der Waals surface area contributed by atoms with Crippen LogP contribution >= 0.6 is 11.6 Å². The van der Waals surface area contributed by atoms with Crippen molar-refractivity contribution in [3.05, 3.63) is 27.9 Å². The van der Waals surface area contributed by atoms with E-state index in [1.165, 1.54) is 23.7 Å². The van der Waals surface area contributed by atoms with Gasteiger partial charge < -0.3 is 15.0 Å². The normalized spacial score (nSPS) is 19.6. The Hall–Kier alpha value is -1.56. The zero-order chi connectivity index (χ0) is 12.6. The lowest BCUT2D eigenvalue weighted by molar-refractivity contribution is -0.391. The molecule has 0 radical (unpaired) electrons. The summed E-state index contributed by atoms with van der Waals surface area (Å²) in [5, 5.41) is 10.7. The zero-order valence-corrected chi connectivity index (χ0v) is 10.1. The molecule has 1 aliphatic rings. The van der Waals surface area contributed by atoms with Gasteiger partial charge in [-0.05, 0) is 17.4 Å². The molecule has 0 saturated carbocycles. The number of nitrogens with zero attached hydrogens (tertiary/aromatic N) is 3. The van der Waals surface area contributed by atoms with Gasteiger partial charge in [0.1, 0.15) is 0 Å². The van der Waals surface area contributed by atoms with Gasteiger partial charge in [0.25, 0.3) is 5.91 Å². The molecule has 1 unspecified atom stereocenters. The number of carbonyl (C=O) groups excluding carboxylic acids is 1. The number of likely N-dealkylation sites (tertiary alicyclic amines) is 1. The van der Waals surface area contributed by atoms with E-state index in [9.17, 15) is 14.9 Å². The predicted molar refractivity (Wildman–Crippen MR) is 62.2 cm³/mol. The number of nitro groups is 1. The average molecular weight is 258 g/mol. The fraction of sp³-hybridized carbons (Fsp3) is 0.500. The first-order valence-corrected chi connectivity index (χ1v) is 5.68. The van der Waals surface area contributed by atoms with Crippen molar-refractivity contribution >= 4 is 23.3 Å². The minimum Gasteiger partial charge on any atom is -0.358 e. The summed E-state index contributed by atoms with van der Waals surface area (Å²) in [7, 11) is 1.51. The van der Waals surface area contributed by atoms with E-state index in [4.69, 9.17) is 11.6 Å². The van der Waals surface area contributed by atoms with Gasteiger partial charge in [0.15, 0.2) is 5.69 Å². The molecule has 0 spiro atoms. The van der Waals surface area contributed by atoms with Crippen LogP contribution in [0.2, 0.25) is 0 Å². The van der Waals surface area contributed by atoms with E-state index in [-0.39, 0.29) is 17.1 Å². The Bertz CT molecular complexity index is 471. The van der Waals surface area contributed by atoms with Crippen molar-refractivity contribution in [1.29, 1.82) is 0 Å². The molecule has 17 heavy (non-hydrogen) atoms. The van der Waals surface area contributed by atoms with Crippen molar-refractivity contribution in [2.45, 2.75) is 11.8 Å². The van der Waals surface area contributed by atoms with Crippen molar-refractivity contribution in [3.8, 4) is 0 Å². The van der Waals surface area contributed by atoms with Crippen LogP contribution in [-0.2, 0) is 7.05 Å². The van der Waals surface area contributed by atoms with Crippen LogP contribution in [0.25, 0.3) is 0 Å². The Morgan fingerprint density at radius 3 is 2.76 bits per heavy atom. The van der Waals surface area contributed by atoms with E-state index in [1.807, 2.05) is 0 Å². The molecule has 1 amide bonds. The van der Waals surface area contributed by atoms with Crippen molar-refractivity contribution in [1.82, 2.24) is 9.47 Å². The minimum atomic E-state index is -0.509. The van der Waals surface area contributed by atoms with Crippen LogP contribution < -0.4 is 0 Å². The van der Waals surface area contributed by atoms with E-state index in [0.29, 0.717) is 18.8 Å². The fourth-order valence-electron chi connectivity index (χ4n) is 1.96. The first-order chi connectivity index (χ1) is 8.00. The Kier molecular flexibility index (Phi) is 3.06. The molecule has 6 nitrogen and oxygen atoms in total. The number of hydrogen-bond acceptors (Lipinski definition) is 3. The molecule has 0 aromatic carbocycles. The number of halogens is 1. The van der Waals surface area contributed by atoms with Crippen molar-refractivity contribution in [3.63, 3.8) is 0 Å². The van der Waals surface area contributed by atoms with E-state index in [0.717, 1.165) is 6.42 Å². The summed E-state index contributed by atoms with van der Waals surface area (Å²) in [6, 6.07) is 2.81. The van der Waals surface area contributed by atoms with Crippen molar-refractivity contribution < 1.29 is 9.72 Å². The van der Waals surface area contributed by atoms with Crippen molar-refractivity contribution in [2.75, 3.05) is 13.1 Å². The molecule has 0 bridgehead atoms. The largest absolute Gasteiger partial charge is 0.358 e. The number of alkyl halides is 1. The molecule has 1 aromatic heterocycles. The summed E-state index contributed by atoms with van der Waals surface area (Å²) in [4.78, 5) is 23.9. The standard InChI is InChI=1S/C10H12ClN3O3/c1-12-8(2-3-9(12)14(16)17)10(15)13-5-4-7(11)6-13/h2-3,7H,4-6H2,1H3. The van der Waals surface area contributed by atoms with Crippen LogP contribution in [0, 0.1) is 10.1 Å². The number of rotatable bonds is 2. The van der Waals surface area contributed by atoms with Gasteiger partial charge in [-0.25, -0.2) is 4.57 Å². The summed E-state index contributed by atoms with van der Waals surface area (Å²) < 4.78 is 1.30. The van der Waals surface area contributed by atoms with Crippen LogP contribution in [0.15, 0.2) is 12.1 Å². The Balaban J connectivity index is 2.23. The van der Waals surface area contributed by atoms with E-state index in [1.54, 1.807) is 4.90 Å². The van der Waals surface area contributed by atoms with Crippen LogP contribution in [0.5, 0.6) is 0 Å². The Morgan fingerprint density at radius 1 is 1.59 bits per heavy atom. The molecule has 2 rings (SSSR count). The number of aromatic nitrogens is 1. The molecule has 0 aliphatic carbocycles. The summed E-state index contributed by atoms with van der Waals surface area (Å²) >= 11 is 5.92. The fourth-order valence-corrected chi connectivity index (χ4v) is 2.23. The predicted octanol–water partition coefficient (Wildman–Crippen LogP) is 1.39. The third-order valence-corrected chi connectivity index (χ3v) is 3.28. The Morgan fingerprint density at radius 2 is 2.29 bits per heavy atom. The van der Waals surface area contributed by atoms with Gasteiger partial charge >= 0.3 is 5.82 Å². The summed E-state index contributed by atoms with van der Waals surface area (Å²) in [5.74, 6) is -0.293. The third kappa shape index (κ3) is 2.12. The van der Waals surface area contributed by atoms with Gasteiger partial charge in [0.05, 0.1) is 12.4 Å². The molecule has 7 heteroatoms. The number of amides is 1. The molecule has 2 heterocycles. The molecule has 1 aliphatic heterocycles. The lowest BCUT2D eigenvalue weighted by atomic mass is 10.4. The maximum absolute atomic E-state index is 12.1. The first kappa shape index (κ1) is 11.9. The molecule has 1 aromatic rings. The molecular formula is C10H12ClN3O3. The lowest BCUT2D eigenvalue weighted by Gasteiger charge is -2.13. The van der Waals surface area contributed by atoms with E-state index in [2.05, 4.69) is 0 Å². The summed E-state index contributed by atoms with van der Waals surface area (Å²) in [6.45, 7) is 1.10. The highest BCUT2D eigenvalue weighted by molar-refractivity contribution is 6.21. The Labute approximate surface area is 103 Å². The van der Waals surface area contributed by atoms with Crippen LogP contribution in [0.4, 0.5) is 5.82 Å². The van der Waals surface area contributed by atoms with Gasteiger partial charge in [-0.1, -0.05) is 0 Å². The monoisotopic (exact) mass is 257 g/mol. The molecule has 1 saturated heterocycles. The topological polar surface area (TPSA) is 68.4 Å². The highest BCUT2D eigenvalue weighted by Gasteiger charge is 2.30. The number of hydrogen-bond donors (Lipinski definition) is 0. The summed E-state index contributed by atoms with van der Waals surface area (Å²) in [6.07, 6.45) is 0.764. The highest BCUT2D eigenvalue weighted by atomic mass is 35.5. The average Bonchev–Trinajstić information content (AvgIpc) is 2.83. The highest BCUT2D eigenvalue weighted by Crippen LogP contribution is 2.20. The smallest absolute Gasteiger partial charge is 0.323 e. The minimum absolute atomic E-state index is 0.0193. The zero-order valence-electron chi connectivity index (χ0n) is 9.30. The molecule has 92 valence electrons. The van der Waals surface area contributed by atoms with Crippen LogP contribution in [-0.4, -0.2) is 38.8 Å². The molecular weight excluding hydrogens is 246 g/mol. The van der Waals surface area contributed by atoms with Gasteiger partial charge in [0, 0.05) is 19.2 Å². The van der Waals surface area contributed by atoms with Gasteiger partial charge in [0.2, 0.25) is 0 Å². The molecule has 1 atom stereocenters.